The first-order chi connectivity index (χ1) is 8.47. The highest BCUT2D eigenvalue weighted by Gasteiger charge is 2.41. The normalized spacial score (nSPS) is 28.7. The maximum Gasteiger partial charge on any atom is 0.240 e. The molecule has 2 rings (SSSR count). The average molecular weight is 270 g/mol. The Labute approximate surface area is 107 Å². The molecular formula is C12H18N2O3S. The lowest BCUT2D eigenvalue weighted by molar-refractivity contribution is -0.128. The van der Waals surface area contributed by atoms with E-state index in [1.807, 2.05) is 0 Å². The summed E-state index contributed by atoms with van der Waals surface area (Å²) in [7, 11) is -2.90. The topological polar surface area (TPSA) is 87.0 Å². The lowest BCUT2D eigenvalue weighted by Gasteiger charge is -2.20. The van der Waals surface area contributed by atoms with Crippen molar-refractivity contribution in [2.45, 2.75) is 32.1 Å². The van der Waals surface area contributed by atoms with Crippen LogP contribution in [0.2, 0.25) is 0 Å². The number of nitrogens with one attached hydrogen (secondary N) is 1. The molecule has 0 aromatic heterocycles. The Kier molecular flexibility index (Phi) is 3.62. The molecule has 1 saturated heterocycles. The fourth-order valence-electron chi connectivity index (χ4n) is 2.81. The van der Waals surface area contributed by atoms with Crippen LogP contribution in [0.15, 0.2) is 0 Å². The minimum Gasteiger partial charge on any atom is -0.354 e. The van der Waals surface area contributed by atoms with E-state index in [1.54, 1.807) is 0 Å². The average Bonchev–Trinajstić information content (AvgIpc) is 2.93. The van der Waals surface area contributed by atoms with Crippen molar-refractivity contribution < 1.29 is 13.2 Å². The molecule has 0 aromatic rings. The predicted octanol–water partition coefficient (Wildman–Crippen LogP) is 0.621. The molecule has 0 aromatic carbocycles. The SMILES string of the molecule is N#CC1(C(=O)NCC2CCS(=O)(=O)C2)CCCC1. The number of amides is 1. The van der Waals surface area contributed by atoms with E-state index in [4.69, 9.17) is 5.26 Å². The molecule has 2 aliphatic rings. The van der Waals surface area contributed by atoms with Crippen molar-refractivity contribution in [3.8, 4) is 6.07 Å². The van der Waals surface area contributed by atoms with Gasteiger partial charge in [-0.1, -0.05) is 12.8 Å². The van der Waals surface area contributed by atoms with Crippen molar-refractivity contribution in [2.24, 2.45) is 11.3 Å². The van der Waals surface area contributed by atoms with E-state index >= 15 is 0 Å². The zero-order valence-corrected chi connectivity index (χ0v) is 11.1. The van der Waals surface area contributed by atoms with Gasteiger partial charge in [0.15, 0.2) is 9.84 Å². The summed E-state index contributed by atoms with van der Waals surface area (Å²) in [6.07, 6.45) is 3.69. The number of carbonyl (C=O) groups is 1. The van der Waals surface area contributed by atoms with E-state index in [0.717, 1.165) is 12.8 Å². The third-order valence-corrected chi connectivity index (χ3v) is 5.82. The van der Waals surface area contributed by atoms with E-state index in [9.17, 15) is 13.2 Å². The van der Waals surface area contributed by atoms with Gasteiger partial charge in [0.25, 0.3) is 0 Å². The highest BCUT2D eigenvalue weighted by molar-refractivity contribution is 7.91. The minimum absolute atomic E-state index is 0.0103. The van der Waals surface area contributed by atoms with Crippen molar-refractivity contribution in [1.29, 1.82) is 5.26 Å². The Morgan fingerprint density at radius 2 is 2.06 bits per heavy atom. The van der Waals surface area contributed by atoms with Crippen LogP contribution in [0, 0.1) is 22.7 Å². The Balaban J connectivity index is 1.87. The highest BCUT2D eigenvalue weighted by atomic mass is 32.2. The van der Waals surface area contributed by atoms with Crippen LogP contribution in [0.5, 0.6) is 0 Å². The second-order valence-electron chi connectivity index (χ2n) is 5.38. The van der Waals surface area contributed by atoms with Crippen LogP contribution in [-0.4, -0.2) is 32.4 Å². The summed E-state index contributed by atoms with van der Waals surface area (Å²) in [5.41, 5.74) is -0.864. The van der Waals surface area contributed by atoms with Crippen molar-refractivity contribution in [1.82, 2.24) is 5.32 Å². The van der Waals surface area contributed by atoms with Crippen LogP contribution in [0.3, 0.4) is 0 Å². The number of carbonyl (C=O) groups excluding carboxylic acids is 1. The van der Waals surface area contributed by atoms with Crippen LogP contribution >= 0.6 is 0 Å². The smallest absolute Gasteiger partial charge is 0.240 e. The molecule has 0 bridgehead atoms. The number of hydrogen-bond donors (Lipinski definition) is 1. The van der Waals surface area contributed by atoms with Gasteiger partial charge in [-0.15, -0.1) is 0 Å². The molecule has 1 N–H and O–H groups in total. The van der Waals surface area contributed by atoms with Crippen molar-refractivity contribution >= 4 is 15.7 Å². The molecule has 1 saturated carbocycles. The number of rotatable bonds is 3. The molecule has 0 radical (unpaired) electrons. The van der Waals surface area contributed by atoms with Gasteiger partial charge in [-0.3, -0.25) is 4.79 Å². The van der Waals surface area contributed by atoms with Gasteiger partial charge in [0.1, 0.15) is 5.41 Å². The van der Waals surface area contributed by atoms with Crippen molar-refractivity contribution in [3.05, 3.63) is 0 Å². The Bertz CT molecular complexity index is 472. The summed E-state index contributed by atoms with van der Waals surface area (Å²) in [5.74, 6) is 0.173. The fraction of sp³-hybridized carbons (Fsp3) is 0.833. The molecule has 1 aliphatic carbocycles. The molecule has 1 aliphatic heterocycles. The second-order valence-corrected chi connectivity index (χ2v) is 7.61. The summed E-state index contributed by atoms with van der Waals surface area (Å²) in [4.78, 5) is 12.0. The van der Waals surface area contributed by atoms with Gasteiger partial charge in [-0.05, 0) is 25.2 Å². The molecule has 6 heteroatoms. The fourth-order valence-corrected chi connectivity index (χ4v) is 4.67. The Hall–Kier alpha value is -1.09. The predicted molar refractivity (Wildman–Crippen MR) is 66.3 cm³/mol. The second kappa shape index (κ2) is 4.88. The minimum atomic E-state index is -2.90. The first-order valence-electron chi connectivity index (χ1n) is 6.37. The first-order valence-corrected chi connectivity index (χ1v) is 8.20. The molecule has 1 atom stereocenters. The largest absolute Gasteiger partial charge is 0.354 e. The molecule has 100 valence electrons. The van der Waals surface area contributed by atoms with Crippen LogP contribution in [-0.2, 0) is 14.6 Å². The Morgan fingerprint density at radius 1 is 1.39 bits per heavy atom. The molecule has 2 fully saturated rings. The van der Waals surface area contributed by atoms with Crippen LogP contribution in [0.4, 0.5) is 0 Å². The third-order valence-electron chi connectivity index (χ3n) is 3.98. The number of nitrogens with zero attached hydrogens (tertiary/aromatic N) is 1. The molecular weight excluding hydrogens is 252 g/mol. The Morgan fingerprint density at radius 3 is 2.56 bits per heavy atom. The molecule has 1 unspecified atom stereocenters. The lowest BCUT2D eigenvalue weighted by Crippen LogP contribution is -2.40. The van der Waals surface area contributed by atoms with E-state index in [2.05, 4.69) is 11.4 Å². The van der Waals surface area contributed by atoms with Crippen molar-refractivity contribution in [3.63, 3.8) is 0 Å². The molecule has 18 heavy (non-hydrogen) atoms. The van der Waals surface area contributed by atoms with Gasteiger partial charge in [0, 0.05) is 6.54 Å². The summed E-state index contributed by atoms with van der Waals surface area (Å²) >= 11 is 0. The summed E-state index contributed by atoms with van der Waals surface area (Å²) < 4.78 is 22.6. The van der Waals surface area contributed by atoms with Gasteiger partial charge in [0.2, 0.25) is 5.91 Å². The quantitative estimate of drug-likeness (QED) is 0.814. The number of nitriles is 1. The van der Waals surface area contributed by atoms with Crippen molar-refractivity contribution in [2.75, 3.05) is 18.1 Å². The molecule has 0 spiro atoms. The molecule has 5 nitrogen and oxygen atoms in total. The van der Waals surface area contributed by atoms with Crippen LogP contribution in [0.1, 0.15) is 32.1 Å². The highest BCUT2D eigenvalue weighted by Crippen LogP contribution is 2.37. The van der Waals surface area contributed by atoms with E-state index < -0.39 is 15.3 Å². The molecule has 1 amide bonds. The maximum atomic E-state index is 12.0. The standard InChI is InChI=1S/C12H18N2O3S/c13-9-12(4-1-2-5-12)11(15)14-7-10-3-6-18(16,17)8-10/h10H,1-8H2,(H,14,15). The lowest BCUT2D eigenvalue weighted by atomic mass is 9.87. The molecule has 1 heterocycles. The zero-order chi connectivity index (χ0) is 13.2. The van der Waals surface area contributed by atoms with Gasteiger partial charge in [-0.2, -0.15) is 5.26 Å². The summed E-state index contributed by atoms with van der Waals surface area (Å²) in [5, 5.41) is 11.9. The van der Waals surface area contributed by atoms with E-state index in [0.29, 0.717) is 25.8 Å². The van der Waals surface area contributed by atoms with Crippen LogP contribution in [0.25, 0.3) is 0 Å². The number of hydrogen-bond acceptors (Lipinski definition) is 4. The number of sulfone groups is 1. The van der Waals surface area contributed by atoms with Crippen LogP contribution < -0.4 is 5.32 Å². The van der Waals surface area contributed by atoms with Gasteiger partial charge in [-0.25, -0.2) is 8.42 Å². The van der Waals surface area contributed by atoms with Gasteiger partial charge in [0.05, 0.1) is 17.6 Å². The van der Waals surface area contributed by atoms with Gasteiger partial charge >= 0.3 is 0 Å². The third kappa shape index (κ3) is 2.66. The van der Waals surface area contributed by atoms with E-state index in [1.165, 1.54) is 0 Å². The summed E-state index contributed by atoms with van der Waals surface area (Å²) in [6.45, 7) is 0.376. The van der Waals surface area contributed by atoms with Gasteiger partial charge < -0.3 is 5.32 Å². The zero-order valence-electron chi connectivity index (χ0n) is 10.3. The van der Waals surface area contributed by atoms with E-state index in [-0.39, 0.29) is 23.3 Å². The monoisotopic (exact) mass is 270 g/mol. The maximum absolute atomic E-state index is 12.0. The summed E-state index contributed by atoms with van der Waals surface area (Å²) in [6, 6.07) is 2.14. The first kappa shape index (κ1) is 13.3.